The normalized spacial score (nSPS) is 15.4. The summed E-state index contributed by atoms with van der Waals surface area (Å²) in [4.78, 5) is 41.3. The zero-order valence-corrected chi connectivity index (χ0v) is 17.9. The van der Waals surface area contributed by atoms with Crippen LogP contribution in [0.5, 0.6) is 0 Å². The first-order valence-corrected chi connectivity index (χ1v) is 9.38. The average Bonchev–Trinajstić information content (AvgIpc) is 3.19. The highest BCUT2D eigenvalue weighted by Crippen LogP contribution is 2.25. The summed E-state index contributed by atoms with van der Waals surface area (Å²) in [6.07, 6.45) is 2.92. The summed E-state index contributed by atoms with van der Waals surface area (Å²) in [5.74, 6) is 0.463. The van der Waals surface area contributed by atoms with Gasteiger partial charge in [0, 0.05) is 36.5 Å². The van der Waals surface area contributed by atoms with Crippen LogP contribution in [0.25, 0.3) is 10.2 Å². The third-order valence-corrected chi connectivity index (χ3v) is 5.86. The summed E-state index contributed by atoms with van der Waals surface area (Å²) < 4.78 is 0. The zero-order valence-electron chi connectivity index (χ0n) is 15.4. The molecule has 8 nitrogen and oxygen atoms in total. The second-order valence-corrected chi connectivity index (χ2v) is 7.62. The number of thiophene rings is 1. The summed E-state index contributed by atoms with van der Waals surface area (Å²) in [6, 6.07) is -0.443. The average molecular weight is 445 g/mol. The molecule has 3 aromatic heterocycles. The van der Waals surface area contributed by atoms with Crippen LogP contribution < -0.4 is 16.2 Å². The van der Waals surface area contributed by atoms with Crippen molar-refractivity contribution in [3.63, 3.8) is 0 Å². The molecule has 0 fully saturated rings. The molecule has 0 aliphatic carbocycles. The molecule has 4 rings (SSSR count). The monoisotopic (exact) mass is 444 g/mol. The van der Waals surface area contributed by atoms with Crippen molar-refractivity contribution < 1.29 is 4.79 Å². The van der Waals surface area contributed by atoms with E-state index in [9.17, 15) is 9.59 Å². The van der Waals surface area contributed by atoms with Crippen LogP contribution in [-0.4, -0.2) is 38.9 Å². The standard InChI is InChI=1S/C17H20N6O2S.2ClH/c1-8-9(2)26-17-12(8)15(24)22-11(23-17)4-6-19-16(25)14-13-10(3-5-18-14)20-7-21-13;;/h7,14,18H,3-6H2,1-2H3,(H,19,25)(H,20,21)(H,22,23,24);2*1H. The Kier molecular flexibility index (Phi) is 7.22. The lowest BCUT2D eigenvalue weighted by atomic mass is 10.1. The lowest BCUT2D eigenvalue weighted by Gasteiger charge is -2.22. The van der Waals surface area contributed by atoms with Gasteiger partial charge in [0.25, 0.3) is 5.56 Å². The molecule has 0 bridgehead atoms. The first-order valence-electron chi connectivity index (χ1n) is 8.56. The molecule has 3 aromatic rings. The maximum atomic E-state index is 12.5. The van der Waals surface area contributed by atoms with Crippen molar-refractivity contribution in [1.29, 1.82) is 0 Å². The van der Waals surface area contributed by atoms with Gasteiger partial charge in [0.1, 0.15) is 16.7 Å². The maximum Gasteiger partial charge on any atom is 0.259 e. The molecule has 1 unspecified atom stereocenters. The Balaban J connectivity index is 0.00000140. The van der Waals surface area contributed by atoms with Crippen molar-refractivity contribution in [3.05, 3.63) is 44.3 Å². The molecule has 4 N–H and O–H groups in total. The SMILES string of the molecule is Cc1sc2nc(CCNC(=O)C3NCCc4[nH]cnc43)[nH]c(=O)c2c1C.Cl.Cl. The van der Waals surface area contributed by atoms with Crippen LogP contribution in [0.1, 0.15) is 33.7 Å². The van der Waals surface area contributed by atoms with Crippen molar-refractivity contribution in [2.24, 2.45) is 0 Å². The molecule has 4 heterocycles. The van der Waals surface area contributed by atoms with Crippen molar-refractivity contribution in [1.82, 2.24) is 30.6 Å². The van der Waals surface area contributed by atoms with Gasteiger partial charge in [0.05, 0.1) is 17.4 Å². The summed E-state index contributed by atoms with van der Waals surface area (Å²) in [6.45, 7) is 5.05. The minimum atomic E-state index is -0.443. The molecule has 152 valence electrons. The number of hydrogen-bond donors (Lipinski definition) is 4. The van der Waals surface area contributed by atoms with Crippen LogP contribution in [0.4, 0.5) is 0 Å². The van der Waals surface area contributed by atoms with E-state index in [-0.39, 0.29) is 36.3 Å². The predicted octanol–water partition coefficient (Wildman–Crippen LogP) is 1.71. The van der Waals surface area contributed by atoms with Gasteiger partial charge in [-0.1, -0.05) is 0 Å². The van der Waals surface area contributed by atoms with E-state index in [1.807, 2.05) is 13.8 Å². The number of aromatic nitrogens is 4. The Morgan fingerprint density at radius 3 is 2.93 bits per heavy atom. The number of carbonyl (C=O) groups is 1. The first kappa shape index (κ1) is 22.4. The van der Waals surface area contributed by atoms with Crippen LogP contribution in [0, 0.1) is 13.8 Å². The van der Waals surface area contributed by atoms with E-state index in [0.717, 1.165) is 39.6 Å². The number of aryl methyl sites for hydroxylation is 2. The molecule has 0 saturated carbocycles. The molecule has 1 atom stereocenters. The Bertz CT molecular complexity index is 1040. The van der Waals surface area contributed by atoms with Gasteiger partial charge < -0.3 is 20.6 Å². The number of hydrogen-bond acceptors (Lipinski definition) is 6. The summed E-state index contributed by atoms with van der Waals surface area (Å²) in [5.41, 5.74) is 2.63. The Morgan fingerprint density at radius 2 is 2.14 bits per heavy atom. The lowest BCUT2D eigenvalue weighted by Crippen LogP contribution is -2.42. The smallest absolute Gasteiger partial charge is 0.259 e. The number of amides is 1. The Labute approximate surface area is 177 Å². The number of halogens is 2. The summed E-state index contributed by atoms with van der Waals surface area (Å²) in [5, 5.41) is 6.75. The van der Waals surface area contributed by atoms with Gasteiger partial charge in [-0.25, -0.2) is 9.97 Å². The van der Waals surface area contributed by atoms with E-state index in [0.29, 0.717) is 24.2 Å². The third-order valence-electron chi connectivity index (χ3n) is 4.76. The highest BCUT2D eigenvalue weighted by molar-refractivity contribution is 7.18. The van der Waals surface area contributed by atoms with Crippen LogP contribution >= 0.6 is 36.2 Å². The largest absolute Gasteiger partial charge is 0.354 e. The molecule has 0 saturated heterocycles. The highest BCUT2D eigenvalue weighted by Gasteiger charge is 2.28. The third kappa shape index (κ3) is 4.07. The lowest BCUT2D eigenvalue weighted by molar-refractivity contribution is -0.123. The Hall–Kier alpha value is -1.94. The van der Waals surface area contributed by atoms with Gasteiger partial charge in [0.15, 0.2) is 0 Å². The molecule has 0 spiro atoms. The van der Waals surface area contributed by atoms with Crippen molar-refractivity contribution >= 4 is 52.3 Å². The van der Waals surface area contributed by atoms with Crippen LogP contribution in [-0.2, 0) is 17.6 Å². The Morgan fingerprint density at radius 1 is 1.36 bits per heavy atom. The van der Waals surface area contributed by atoms with Crippen molar-refractivity contribution in [3.8, 4) is 0 Å². The molecule has 11 heteroatoms. The van der Waals surface area contributed by atoms with Gasteiger partial charge in [-0.05, 0) is 19.4 Å². The van der Waals surface area contributed by atoms with E-state index in [2.05, 4.69) is 30.6 Å². The molecule has 1 amide bonds. The molecule has 28 heavy (non-hydrogen) atoms. The highest BCUT2D eigenvalue weighted by atomic mass is 35.5. The maximum absolute atomic E-state index is 12.5. The minimum Gasteiger partial charge on any atom is -0.354 e. The fraction of sp³-hybridized carbons (Fsp3) is 0.412. The van der Waals surface area contributed by atoms with E-state index in [1.165, 1.54) is 11.3 Å². The van der Waals surface area contributed by atoms with Crippen LogP contribution in [0.3, 0.4) is 0 Å². The fourth-order valence-corrected chi connectivity index (χ4v) is 4.31. The second-order valence-electron chi connectivity index (χ2n) is 6.42. The van der Waals surface area contributed by atoms with E-state index in [4.69, 9.17) is 0 Å². The number of carbonyl (C=O) groups excluding carboxylic acids is 1. The number of nitrogens with zero attached hydrogens (tertiary/aromatic N) is 2. The van der Waals surface area contributed by atoms with Gasteiger partial charge in [-0.3, -0.25) is 9.59 Å². The summed E-state index contributed by atoms with van der Waals surface area (Å²) in [7, 11) is 0. The number of nitrogens with one attached hydrogen (secondary N) is 4. The fourth-order valence-electron chi connectivity index (χ4n) is 3.26. The second kappa shape index (κ2) is 9.04. The zero-order chi connectivity index (χ0) is 18.3. The van der Waals surface area contributed by atoms with Gasteiger partial charge in [-0.2, -0.15) is 0 Å². The number of fused-ring (bicyclic) bond motifs is 2. The topological polar surface area (TPSA) is 116 Å². The van der Waals surface area contributed by atoms with Gasteiger partial charge in [-0.15, -0.1) is 36.2 Å². The van der Waals surface area contributed by atoms with Crippen LogP contribution in [0.15, 0.2) is 11.1 Å². The molecule has 0 aromatic carbocycles. The van der Waals surface area contributed by atoms with Crippen molar-refractivity contribution in [2.45, 2.75) is 32.7 Å². The minimum absolute atomic E-state index is 0. The molecular weight excluding hydrogens is 423 g/mol. The quantitative estimate of drug-likeness (QED) is 0.488. The summed E-state index contributed by atoms with van der Waals surface area (Å²) >= 11 is 1.52. The molecular formula is C17H22Cl2N6O2S. The van der Waals surface area contributed by atoms with E-state index >= 15 is 0 Å². The van der Waals surface area contributed by atoms with Gasteiger partial charge in [0.2, 0.25) is 5.91 Å². The number of rotatable bonds is 4. The van der Waals surface area contributed by atoms with Gasteiger partial charge >= 0.3 is 0 Å². The molecule has 1 aliphatic heterocycles. The number of aromatic amines is 2. The van der Waals surface area contributed by atoms with Crippen LogP contribution in [0.2, 0.25) is 0 Å². The molecule has 1 aliphatic rings. The first-order chi connectivity index (χ1) is 12.5. The number of H-pyrrole nitrogens is 2. The van der Waals surface area contributed by atoms with E-state index in [1.54, 1.807) is 6.33 Å². The predicted molar refractivity (Wildman–Crippen MR) is 114 cm³/mol. The molecule has 0 radical (unpaired) electrons. The van der Waals surface area contributed by atoms with E-state index < -0.39 is 6.04 Å². The number of imidazole rings is 1. The van der Waals surface area contributed by atoms with Crippen molar-refractivity contribution in [2.75, 3.05) is 13.1 Å².